The van der Waals surface area contributed by atoms with Crippen LogP contribution in [-0.2, 0) is 0 Å². The first-order valence-electron chi connectivity index (χ1n) is 7.62. The van der Waals surface area contributed by atoms with Gasteiger partial charge in [-0.3, -0.25) is 9.69 Å². The van der Waals surface area contributed by atoms with Crippen molar-refractivity contribution in [3.8, 4) is 0 Å². The smallest absolute Gasteiger partial charge is 0.276 e. The molecular formula is C16H21N5O. The Hall–Kier alpha value is -2.21. The molecule has 2 aromatic heterocycles. The molecule has 2 aromatic rings. The molecule has 1 aliphatic heterocycles. The van der Waals surface area contributed by atoms with Gasteiger partial charge in [0.25, 0.3) is 5.91 Å². The quantitative estimate of drug-likeness (QED) is 0.803. The molecule has 0 atom stereocenters. The number of nitrogens with zero attached hydrogens (tertiary/aromatic N) is 5. The maximum Gasteiger partial charge on any atom is 0.276 e. The van der Waals surface area contributed by atoms with Gasteiger partial charge in [-0.05, 0) is 13.3 Å². The molecule has 3 rings (SSSR count). The summed E-state index contributed by atoms with van der Waals surface area (Å²) in [4.78, 5) is 25.7. The molecule has 0 radical (unpaired) electrons. The number of rotatable bonds is 3. The van der Waals surface area contributed by atoms with Gasteiger partial charge in [0.2, 0.25) is 0 Å². The highest BCUT2D eigenvalue weighted by atomic mass is 16.2. The Bertz CT molecular complexity index is 693. The molecule has 0 saturated carbocycles. The topological polar surface area (TPSA) is 53.7 Å². The third kappa shape index (κ3) is 2.87. The van der Waals surface area contributed by atoms with E-state index in [4.69, 9.17) is 0 Å². The maximum atomic E-state index is 12.8. The van der Waals surface area contributed by atoms with Gasteiger partial charge >= 0.3 is 0 Å². The Morgan fingerprint density at radius 3 is 3.05 bits per heavy atom. The van der Waals surface area contributed by atoms with Crippen LogP contribution in [0, 0.1) is 6.92 Å². The van der Waals surface area contributed by atoms with E-state index in [9.17, 15) is 4.79 Å². The van der Waals surface area contributed by atoms with Crippen LogP contribution in [0.15, 0.2) is 31.2 Å². The lowest BCUT2D eigenvalue weighted by Crippen LogP contribution is -2.36. The highest BCUT2D eigenvalue weighted by molar-refractivity contribution is 5.97. The second kappa shape index (κ2) is 6.27. The average molecular weight is 299 g/mol. The van der Waals surface area contributed by atoms with Gasteiger partial charge in [0.1, 0.15) is 0 Å². The van der Waals surface area contributed by atoms with Gasteiger partial charge < -0.3 is 9.30 Å². The molecule has 3 heterocycles. The van der Waals surface area contributed by atoms with Crippen LogP contribution in [0.5, 0.6) is 0 Å². The Balaban J connectivity index is 1.82. The van der Waals surface area contributed by atoms with E-state index in [1.54, 1.807) is 6.20 Å². The van der Waals surface area contributed by atoms with Crippen LogP contribution in [0.25, 0.3) is 5.65 Å². The van der Waals surface area contributed by atoms with Crippen LogP contribution in [0.1, 0.15) is 22.6 Å². The number of imidazole rings is 1. The van der Waals surface area contributed by atoms with Gasteiger partial charge in [-0.15, -0.1) is 6.58 Å². The number of hydrogen-bond donors (Lipinski definition) is 0. The first kappa shape index (κ1) is 14.7. The summed E-state index contributed by atoms with van der Waals surface area (Å²) >= 11 is 0. The lowest BCUT2D eigenvalue weighted by molar-refractivity contribution is 0.0757. The number of fused-ring (bicyclic) bond motifs is 1. The van der Waals surface area contributed by atoms with Gasteiger partial charge in [-0.25, -0.2) is 9.97 Å². The van der Waals surface area contributed by atoms with Crippen LogP contribution >= 0.6 is 0 Å². The molecule has 1 saturated heterocycles. The van der Waals surface area contributed by atoms with Gasteiger partial charge in [0.15, 0.2) is 11.3 Å². The molecule has 0 bridgehead atoms. The molecule has 1 amide bonds. The van der Waals surface area contributed by atoms with Crippen LogP contribution in [0.3, 0.4) is 0 Å². The Morgan fingerprint density at radius 1 is 1.36 bits per heavy atom. The van der Waals surface area contributed by atoms with E-state index >= 15 is 0 Å². The van der Waals surface area contributed by atoms with Crippen molar-refractivity contribution in [1.29, 1.82) is 0 Å². The molecule has 1 fully saturated rings. The first-order valence-corrected chi connectivity index (χ1v) is 7.62. The number of aromatic nitrogens is 3. The number of amides is 1. The lowest BCUT2D eigenvalue weighted by Gasteiger charge is -2.21. The van der Waals surface area contributed by atoms with Crippen LogP contribution in [-0.4, -0.2) is 62.8 Å². The van der Waals surface area contributed by atoms with Crippen molar-refractivity contribution >= 4 is 11.6 Å². The van der Waals surface area contributed by atoms with Gasteiger partial charge in [0, 0.05) is 51.3 Å². The predicted molar refractivity (Wildman–Crippen MR) is 84.9 cm³/mol. The number of hydrogen-bond acceptors (Lipinski definition) is 4. The van der Waals surface area contributed by atoms with E-state index < -0.39 is 0 Å². The third-order valence-electron chi connectivity index (χ3n) is 3.96. The largest absolute Gasteiger partial charge is 0.336 e. The fourth-order valence-electron chi connectivity index (χ4n) is 2.88. The average Bonchev–Trinajstić information content (AvgIpc) is 2.74. The normalized spacial score (nSPS) is 16.7. The first-order chi connectivity index (χ1) is 10.7. The standard InChI is InChI=1S/C16H21N5O/c1-3-6-19-7-4-8-20(11-10-19)16(22)14-15-18-13(2)12-21(15)9-5-17-14/h3,5,9,12H,1,4,6-8,10-11H2,2H3. The zero-order valence-electron chi connectivity index (χ0n) is 12.9. The zero-order chi connectivity index (χ0) is 15.5. The monoisotopic (exact) mass is 299 g/mol. The fraction of sp³-hybridized carbons (Fsp3) is 0.438. The fourth-order valence-corrected chi connectivity index (χ4v) is 2.88. The number of aryl methyl sites for hydroxylation is 1. The molecule has 22 heavy (non-hydrogen) atoms. The molecule has 0 unspecified atom stereocenters. The van der Waals surface area contributed by atoms with E-state index in [0.717, 1.165) is 44.8 Å². The summed E-state index contributed by atoms with van der Waals surface area (Å²) in [7, 11) is 0. The van der Waals surface area contributed by atoms with Crippen molar-refractivity contribution in [1.82, 2.24) is 24.2 Å². The van der Waals surface area contributed by atoms with E-state index in [1.807, 2.05) is 34.7 Å². The molecule has 0 aliphatic carbocycles. The van der Waals surface area contributed by atoms with Crippen molar-refractivity contribution in [2.24, 2.45) is 0 Å². The summed E-state index contributed by atoms with van der Waals surface area (Å²) in [6.07, 6.45) is 8.26. The minimum Gasteiger partial charge on any atom is -0.336 e. The molecular weight excluding hydrogens is 278 g/mol. The summed E-state index contributed by atoms with van der Waals surface area (Å²) in [5, 5.41) is 0. The summed E-state index contributed by atoms with van der Waals surface area (Å²) in [5.74, 6) is -0.0309. The molecule has 116 valence electrons. The summed E-state index contributed by atoms with van der Waals surface area (Å²) in [5.41, 5.74) is 1.96. The van der Waals surface area contributed by atoms with Crippen LogP contribution < -0.4 is 0 Å². The highest BCUT2D eigenvalue weighted by Crippen LogP contribution is 2.13. The van der Waals surface area contributed by atoms with E-state index in [-0.39, 0.29) is 5.91 Å². The van der Waals surface area contributed by atoms with Crippen LogP contribution in [0.2, 0.25) is 0 Å². The van der Waals surface area contributed by atoms with Crippen molar-refractivity contribution < 1.29 is 4.79 Å². The van der Waals surface area contributed by atoms with E-state index in [0.29, 0.717) is 11.3 Å². The second-order valence-electron chi connectivity index (χ2n) is 5.62. The van der Waals surface area contributed by atoms with Crippen LogP contribution in [0.4, 0.5) is 0 Å². The van der Waals surface area contributed by atoms with Gasteiger partial charge in [-0.1, -0.05) is 6.08 Å². The molecule has 6 nitrogen and oxygen atoms in total. The minimum atomic E-state index is -0.0309. The summed E-state index contributed by atoms with van der Waals surface area (Å²) in [6.45, 7) is 9.91. The van der Waals surface area contributed by atoms with Gasteiger partial charge in [0.05, 0.1) is 5.69 Å². The van der Waals surface area contributed by atoms with E-state index in [1.165, 1.54) is 0 Å². The third-order valence-corrected chi connectivity index (χ3v) is 3.96. The van der Waals surface area contributed by atoms with E-state index in [2.05, 4.69) is 21.4 Å². The Morgan fingerprint density at radius 2 is 2.23 bits per heavy atom. The highest BCUT2D eigenvalue weighted by Gasteiger charge is 2.23. The van der Waals surface area contributed by atoms with Crippen molar-refractivity contribution in [3.05, 3.63) is 42.6 Å². The number of carbonyl (C=O) groups is 1. The molecule has 0 N–H and O–H groups in total. The SMILES string of the molecule is C=CCN1CCCN(C(=O)c2nccn3cc(C)nc23)CC1. The van der Waals surface area contributed by atoms with Gasteiger partial charge in [-0.2, -0.15) is 0 Å². The Kier molecular flexibility index (Phi) is 4.20. The van der Waals surface area contributed by atoms with Crippen molar-refractivity contribution in [2.75, 3.05) is 32.7 Å². The second-order valence-corrected chi connectivity index (χ2v) is 5.62. The molecule has 0 aromatic carbocycles. The lowest BCUT2D eigenvalue weighted by atomic mass is 10.3. The zero-order valence-corrected chi connectivity index (χ0v) is 12.9. The summed E-state index contributed by atoms with van der Waals surface area (Å²) in [6, 6.07) is 0. The Labute approximate surface area is 130 Å². The molecule has 0 spiro atoms. The minimum absolute atomic E-state index is 0.0309. The molecule has 6 heteroatoms. The number of carbonyl (C=O) groups excluding carboxylic acids is 1. The molecule has 1 aliphatic rings. The summed E-state index contributed by atoms with van der Waals surface area (Å²) < 4.78 is 1.86. The maximum absolute atomic E-state index is 12.8. The van der Waals surface area contributed by atoms with Crippen molar-refractivity contribution in [3.63, 3.8) is 0 Å². The van der Waals surface area contributed by atoms with Crippen molar-refractivity contribution in [2.45, 2.75) is 13.3 Å². The predicted octanol–water partition coefficient (Wildman–Crippen LogP) is 1.37.